The Kier molecular flexibility index (Phi) is 5.42. The van der Waals surface area contributed by atoms with E-state index in [0.717, 1.165) is 31.5 Å². The number of nitrogens with zero attached hydrogens (tertiary/aromatic N) is 1. The van der Waals surface area contributed by atoms with Crippen molar-refractivity contribution in [3.63, 3.8) is 0 Å². The highest BCUT2D eigenvalue weighted by Gasteiger charge is 2.31. The zero-order chi connectivity index (χ0) is 15.4. The highest BCUT2D eigenvalue weighted by atomic mass is 35.5. The van der Waals surface area contributed by atoms with Crippen molar-refractivity contribution in [3.8, 4) is 0 Å². The lowest BCUT2D eigenvalue weighted by Gasteiger charge is -2.37. The van der Waals surface area contributed by atoms with Crippen LogP contribution in [0.4, 0.5) is 5.69 Å². The van der Waals surface area contributed by atoms with Crippen molar-refractivity contribution in [2.45, 2.75) is 32.2 Å². The summed E-state index contributed by atoms with van der Waals surface area (Å²) in [4.78, 5) is 14.5. The molecule has 1 aliphatic heterocycles. The maximum absolute atomic E-state index is 12.2. The first-order chi connectivity index (χ1) is 10.0. The van der Waals surface area contributed by atoms with E-state index >= 15 is 0 Å². The number of hydrogen-bond acceptors (Lipinski definition) is 4. The molecule has 1 aromatic carbocycles. The zero-order valence-electron chi connectivity index (χ0n) is 12.0. The first-order valence-corrected chi connectivity index (χ1v) is 7.86. The molecule has 0 radical (unpaired) electrons. The minimum atomic E-state index is -0.284. The van der Waals surface area contributed by atoms with Crippen LogP contribution >= 0.6 is 23.8 Å². The fourth-order valence-electron chi connectivity index (χ4n) is 2.66. The number of piperidine rings is 1. The van der Waals surface area contributed by atoms with Crippen molar-refractivity contribution in [3.05, 3.63) is 28.8 Å². The number of thiocarbonyl (C=S) groups is 1. The topological polar surface area (TPSA) is 55.6 Å². The van der Waals surface area contributed by atoms with Crippen LogP contribution in [0, 0.1) is 0 Å². The van der Waals surface area contributed by atoms with Gasteiger partial charge in [-0.3, -0.25) is 0 Å². The Morgan fingerprint density at radius 1 is 1.52 bits per heavy atom. The summed E-state index contributed by atoms with van der Waals surface area (Å²) in [6, 6.07) is 5.12. The molecule has 114 valence electrons. The van der Waals surface area contributed by atoms with Crippen molar-refractivity contribution in [1.82, 2.24) is 0 Å². The summed E-state index contributed by atoms with van der Waals surface area (Å²) in [6.45, 7) is 2.97. The average molecular weight is 327 g/mol. The van der Waals surface area contributed by atoms with Gasteiger partial charge in [-0.1, -0.05) is 23.8 Å². The minimum Gasteiger partial charge on any atom is -0.464 e. The van der Waals surface area contributed by atoms with Crippen LogP contribution in [0.1, 0.15) is 31.7 Å². The number of carbonyl (C=O) groups is 1. The summed E-state index contributed by atoms with van der Waals surface area (Å²) in [5.74, 6) is -0.193. The monoisotopic (exact) mass is 326 g/mol. The normalized spacial score (nSPS) is 18.4. The van der Waals surface area contributed by atoms with Gasteiger partial charge in [-0.05, 0) is 44.4 Å². The highest BCUT2D eigenvalue weighted by molar-refractivity contribution is 7.80. The number of nitrogens with two attached hydrogens (primary N) is 1. The van der Waals surface area contributed by atoms with Gasteiger partial charge in [0.1, 0.15) is 11.0 Å². The van der Waals surface area contributed by atoms with E-state index in [2.05, 4.69) is 0 Å². The second kappa shape index (κ2) is 7.09. The Morgan fingerprint density at radius 3 is 2.95 bits per heavy atom. The number of halogens is 1. The van der Waals surface area contributed by atoms with Gasteiger partial charge in [-0.2, -0.15) is 0 Å². The van der Waals surface area contributed by atoms with Crippen LogP contribution in [-0.4, -0.2) is 30.2 Å². The third-order valence-corrected chi connectivity index (χ3v) is 4.05. The molecular weight excluding hydrogens is 308 g/mol. The van der Waals surface area contributed by atoms with Crippen LogP contribution in [-0.2, 0) is 9.53 Å². The van der Waals surface area contributed by atoms with Crippen LogP contribution in [0.3, 0.4) is 0 Å². The summed E-state index contributed by atoms with van der Waals surface area (Å²) in [5, 5.41) is 0.575. The zero-order valence-corrected chi connectivity index (χ0v) is 13.5. The lowest BCUT2D eigenvalue weighted by Crippen LogP contribution is -2.46. The second-order valence-corrected chi connectivity index (χ2v) is 5.86. The van der Waals surface area contributed by atoms with E-state index in [9.17, 15) is 4.79 Å². The van der Waals surface area contributed by atoms with Crippen LogP contribution in [0.5, 0.6) is 0 Å². The van der Waals surface area contributed by atoms with Crippen LogP contribution < -0.4 is 10.6 Å². The standard InChI is InChI=1S/C15H19ClN2O2S/c1-2-20-15(19)13-5-3-4-8-18(13)12-7-6-10(16)9-11(12)14(17)21/h6-7,9,13H,2-5,8H2,1H3,(H2,17,21). The maximum Gasteiger partial charge on any atom is 0.328 e. The smallest absolute Gasteiger partial charge is 0.328 e. The van der Waals surface area contributed by atoms with Crippen molar-refractivity contribution in [2.24, 2.45) is 5.73 Å². The second-order valence-electron chi connectivity index (χ2n) is 4.98. The van der Waals surface area contributed by atoms with E-state index in [-0.39, 0.29) is 17.0 Å². The summed E-state index contributed by atoms with van der Waals surface area (Å²) < 4.78 is 5.19. The molecule has 0 aliphatic carbocycles. The van der Waals surface area contributed by atoms with Gasteiger partial charge >= 0.3 is 5.97 Å². The molecule has 21 heavy (non-hydrogen) atoms. The van der Waals surface area contributed by atoms with Crippen LogP contribution in [0.15, 0.2) is 18.2 Å². The summed E-state index contributed by atoms with van der Waals surface area (Å²) >= 11 is 11.1. The molecule has 1 fully saturated rings. The number of anilines is 1. The summed E-state index contributed by atoms with van der Waals surface area (Å²) in [5.41, 5.74) is 7.35. The summed E-state index contributed by atoms with van der Waals surface area (Å²) in [6.07, 6.45) is 2.81. The molecule has 1 heterocycles. The van der Waals surface area contributed by atoms with E-state index in [4.69, 9.17) is 34.3 Å². The van der Waals surface area contributed by atoms with E-state index in [1.807, 2.05) is 17.9 Å². The molecule has 0 saturated carbocycles. The van der Waals surface area contributed by atoms with Crippen molar-refractivity contribution in [2.75, 3.05) is 18.1 Å². The number of hydrogen-bond donors (Lipinski definition) is 1. The molecule has 0 amide bonds. The third-order valence-electron chi connectivity index (χ3n) is 3.59. The first kappa shape index (κ1) is 16.0. The Labute approximate surface area is 135 Å². The van der Waals surface area contributed by atoms with Gasteiger partial charge in [0.25, 0.3) is 0 Å². The van der Waals surface area contributed by atoms with Crippen LogP contribution in [0.25, 0.3) is 0 Å². The van der Waals surface area contributed by atoms with Crippen molar-refractivity contribution in [1.29, 1.82) is 0 Å². The van der Waals surface area contributed by atoms with Gasteiger partial charge in [-0.25, -0.2) is 4.79 Å². The number of benzene rings is 1. The molecule has 0 spiro atoms. The van der Waals surface area contributed by atoms with Gasteiger partial charge in [0.05, 0.1) is 6.61 Å². The maximum atomic E-state index is 12.2. The molecule has 1 aliphatic rings. The van der Waals surface area contributed by atoms with Crippen molar-refractivity contribution < 1.29 is 9.53 Å². The fraction of sp³-hybridized carbons (Fsp3) is 0.467. The quantitative estimate of drug-likeness (QED) is 0.681. The molecule has 1 aromatic rings. The Balaban J connectivity index is 2.37. The predicted octanol–water partition coefficient (Wildman–Crippen LogP) is 2.90. The molecular formula is C15H19ClN2O2S. The minimum absolute atomic E-state index is 0.193. The van der Waals surface area contributed by atoms with Gasteiger partial charge in [-0.15, -0.1) is 0 Å². The molecule has 2 rings (SSSR count). The van der Waals surface area contributed by atoms with Crippen LogP contribution in [0.2, 0.25) is 5.02 Å². The van der Waals surface area contributed by atoms with Gasteiger partial charge in [0.2, 0.25) is 0 Å². The Morgan fingerprint density at radius 2 is 2.29 bits per heavy atom. The van der Waals surface area contributed by atoms with E-state index in [1.54, 1.807) is 12.1 Å². The number of ether oxygens (including phenoxy) is 1. The van der Waals surface area contributed by atoms with Crippen molar-refractivity contribution >= 4 is 40.5 Å². The average Bonchev–Trinajstić information content (AvgIpc) is 2.47. The SMILES string of the molecule is CCOC(=O)C1CCCCN1c1ccc(Cl)cc1C(N)=S. The molecule has 0 aromatic heterocycles. The Bertz CT molecular complexity index is 550. The van der Waals surface area contributed by atoms with E-state index < -0.39 is 0 Å². The van der Waals surface area contributed by atoms with Gasteiger partial charge < -0.3 is 15.4 Å². The molecule has 4 nitrogen and oxygen atoms in total. The fourth-order valence-corrected chi connectivity index (χ4v) is 3.00. The molecule has 1 atom stereocenters. The number of carbonyl (C=O) groups excluding carboxylic acids is 1. The van der Waals surface area contributed by atoms with Gasteiger partial charge in [0.15, 0.2) is 0 Å². The summed E-state index contributed by atoms with van der Waals surface area (Å²) in [7, 11) is 0. The molecule has 0 bridgehead atoms. The lowest BCUT2D eigenvalue weighted by atomic mass is 9.99. The first-order valence-electron chi connectivity index (χ1n) is 7.07. The molecule has 1 unspecified atom stereocenters. The number of esters is 1. The lowest BCUT2D eigenvalue weighted by molar-refractivity contribution is -0.145. The predicted molar refractivity (Wildman–Crippen MR) is 89.0 cm³/mol. The third kappa shape index (κ3) is 3.66. The highest BCUT2D eigenvalue weighted by Crippen LogP contribution is 2.30. The Hall–Kier alpha value is -1.33. The number of rotatable bonds is 4. The molecule has 1 saturated heterocycles. The largest absolute Gasteiger partial charge is 0.464 e. The van der Waals surface area contributed by atoms with Gasteiger partial charge in [0, 0.05) is 22.8 Å². The molecule has 2 N–H and O–H groups in total. The van der Waals surface area contributed by atoms with E-state index in [1.165, 1.54) is 0 Å². The molecule has 6 heteroatoms. The van der Waals surface area contributed by atoms with E-state index in [0.29, 0.717) is 17.2 Å².